The van der Waals surface area contributed by atoms with Crippen LogP contribution >= 0.6 is 0 Å². The average molecular weight is 511 g/mol. The van der Waals surface area contributed by atoms with Crippen LogP contribution in [0.5, 0.6) is 0 Å². The van der Waals surface area contributed by atoms with Crippen molar-refractivity contribution in [3.8, 4) is 11.8 Å². The molecule has 0 nitrogen and oxygen atoms in total. The van der Waals surface area contributed by atoms with E-state index < -0.39 is 0 Å². The van der Waals surface area contributed by atoms with Crippen molar-refractivity contribution in [3.63, 3.8) is 0 Å². The molecule has 2 fully saturated rings. The van der Waals surface area contributed by atoms with E-state index in [-0.39, 0.29) is 25.8 Å². The first-order chi connectivity index (χ1) is 12.9. The van der Waals surface area contributed by atoms with Gasteiger partial charge >= 0.3 is 0 Å². The second-order valence-electron chi connectivity index (χ2n) is 4.91. The summed E-state index contributed by atoms with van der Waals surface area (Å²) >= 11 is 0. The van der Waals surface area contributed by atoms with Gasteiger partial charge in [0, 0.05) is 25.8 Å². The first kappa shape index (κ1) is 25.4. The Kier molecular flexibility index (Phi) is 18.1. The van der Waals surface area contributed by atoms with E-state index in [1.54, 1.807) is 0 Å². The van der Waals surface area contributed by atoms with Crippen molar-refractivity contribution in [1.82, 2.24) is 0 Å². The van der Waals surface area contributed by atoms with Gasteiger partial charge in [0.25, 0.3) is 0 Å². The number of benzene rings is 2. The molecule has 0 spiro atoms. The summed E-state index contributed by atoms with van der Waals surface area (Å²) < 4.78 is 0. The topological polar surface area (TPSA) is 0 Å². The molecule has 2 aliphatic carbocycles. The molecule has 130 valence electrons. The van der Waals surface area contributed by atoms with Crippen LogP contribution in [0.2, 0.25) is 0 Å². The van der Waals surface area contributed by atoms with E-state index in [2.05, 4.69) is 11.8 Å². The molecule has 10 radical (unpaired) electrons. The summed E-state index contributed by atoms with van der Waals surface area (Å²) in [6.07, 6.45) is 33.4. The zero-order valence-electron chi connectivity index (χ0n) is 15.0. The minimum Gasteiger partial charge on any atom is -0.366 e. The second kappa shape index (κ2) is 19.2. The van der Waals surface area contributed by atoms with Crippen LogP contribution in [-0.2, 0) is 25.8 Å². The first-order valence-electron chi connectivity index (χ1n) is 8.15. The maximum atomic E-state index is 6.69. The van der Waals surface area contributed by atoms with Crippen LogP contribution in [0.25, 0.3) is 0 Å². The standard InChI is InChI=1S/2C8H5.2C5H5.Hf/c2*1-2-8-6-4-3-5-7-8;2*1-2-4-5-3-1;/h2*3-7H;2*1-5H;/q2*-1;;;. The Morgan fingerprint density at radius 3 is 0.778 bits per heavy atom. The molecular formula is C26H20Hf-2. The van der Waals surface area contributed by atoms with Crippen LogP contribution in [-0.4, -0.2) is 0 Å². The molecule has 0 N–H and O–H groups in total. The molecule has 0 amide bonds. The van der Waals surface area contributed by atoms with E-state index in [0.29, 0.717) is 0 Å². The summed E-state index contributed by atoms with van der Waals surface area (Å²) in [6.45, 7) is 0. The van der Waals surface area contributed by atoms with Crippen molar-refractivity contribution >= 4 is 0 Å². The zero-order valence-corrected chi connectivity index (χ0v) is 18.6. The van der Waals surface area contributed by atoms with Gasteiger partial charge in [0.05, 0.1) is 0 Å². The number of hydrogen-bond acceptors (Lipinski definition) is 0. The van der Waals surface area contributed by atoms with Gasteiger partial charge < -0.3 is 12.8 Å². The van der Waals surface area contributed by atoms with Gasteiger partial charge in [-0.15, -0.1) is 35.4 Å². The fourth-order valence-corrected chi connectivity index (χ4v) is 1.68. The molecule has 0 atom stereocenters. The molecule has 4 rings (SSSR count). The molecule has 2 saturated carbocycles. The number of hydrogen-bond donors (Lipinski definition) is 0. The SMILES string of the molecule is [C-]#Cc1ccccc1.[C-]#Cc1ccccc1.[CH]1[CH][CH][CH][CH]1.[CH]1[CH][CH][CH][CH]1.[Hf]. The quantitative estimate of drug-likeness (QED) is 0.257. The maximum Gasteiger partial charge on any atom is 0 e. The first-order valence-corrected chi connectivity index (χ1v) is 8.15. The van der Waals surface area contributed by atoms with E-state index in [1.165, 1.54) is 0 Å². The molecule has 0 aliphatic heterocycles. The number of rotatable bonds is 0. The van der Waals surface area contributed by atoms with Crippen molar-refractivity contribution < 1.29 is 25.8 Å². The predicted octanol–water partition coefficient (Wildman–Crippen LogP) is 5.29. The summed E-state index contributed by atoms with van der Waals surface area (Å²) in [5.74, 6) is 4.55. The van der Waals surface area contributed by atoms with Crippen molar-refractivity contribution in [3.05, 3.63) is 149 Å². The van der Waals surface area contributed by atoms with E-state index in [1.807, 2.05) is 125 Å². The van der Waals surface area contributed by atoms with Crippen LogP contribution in [0, 0.1) is 88.9 Å². The fraction of sp³-hybridized carbons (Fsp3) is 0. The minimum absolute atomic E-state index is 0. The van der Waals surface area contributed by atoms with Gasteiger partial charge in [-0.1, -0.05) is 36.4 Å². The maximum absolute atomic E-state index is 6.69. The third-order valence-electron chi connectivity index (χ3n) is 2.95. The van der Waals surface area contributed by atoms with Crippen molar-refractivity contribution in [2.45, 2.75) is 0 Å². The molecule has 2 aromatic carbocycles. The summed E-state index contributed by atoms with van der Waals surface area (Å²) in [5.41, 5.74) is 1.65. The molecule has 1 heteroatoms. The zero-order chi connectivity index (χ0) is 18.7. The fourth-order valence-electron chi connectivity index (χ4n) is 1.68. The average Bonchev–Trinajstić information content (AvgIpc) is 3.48. The molecular weight excluding hydrogens is 491 g/mol. The monoisotopic (exact) mass is 512 g/mol. The van der Waals surface area contributed by atoms with Crippen LogP contribution in [0.15, 0.2) is 60.7 Å². The Bertz CT molecular complexity index is 549. The molecule has 0 saturated heterocycles. The Morgan fingerprint density at radius 2 is 0.630 bits per heavy atom. The van der Waals surface area contributed by atoms with Gasteiger partial charge in [-0.25, -0.2) is 0 Å². The van der Waals surface area contributed by atoms with Crippen molar-refractivity contribution in [2.24, 2.45) is 0 Å². The molecule has 0 bridgehead atoms. The molecule has 2 aromatic rings. The van der Waals surface area contributed by atoms with Crippen molar-refractivity contribution in [2.75, 3.05) is 0 Å². The third kappa shape index (κ3) is 15.2. The predicted molar refractivity (Wildman–Crippen MR) is 108 cm³/mol. The Balaban J connectivity index is 0.000000337. The Hall–Kier alpha value is -1.57. The summed E-state index contributed by atoms with van der Waals surface area (Å²) in [5, 5.41) is 0. The van der Waals surface area contributed by atoms with Gasteiger partial charge in [0.1, 0.15) is 0 Å². The van der Waals surface area contributed by atoms with Crippen LogP contribution in [0.4, 0.5) is 0 Å². The van der Waals surface area contributed by atoms with Crippen molar-refractivity contribution in [1.29, 1.82) is 0 Å². The van der Waals surface area contributed by atoms with E-state index in [0.717, 1.165) is 11.1 Å². The van der Waals surface area contributed by atoms with Gasteiger partial charge in [-0.05, 0) is 64.2 Å². The largest absolute Gasteiger partial charge is 0.366 e. The second-order valence-corrected chi connectivity index (χ2v) is 4.91. The van der Waals surface area contributed by atoms with Gasteiger partial charge in [0.2, 0.25) is 0 Å². The van der Waals surface area contributed by atoms with Crippen LogP contribution in [0.1, 0.15) is 11.1 Å². The molecule has 0 unspecified atom stereocenters. The summed E-state index contributed by atoms with van der Waals surface area (Å²) in [6, 6.07) is 18.7. The summed E-state index contributed by atoms with van der Waals surface area (Å²) in [7, 11) is 0. The third-order valence-corrected chi connectivity index (χ3v) is 2.95. The van der Waals surface area contributed by atoms with E-state index in [9.17, 15) is 0 Å². The smallest absolute Gasteiger partial charge is 0 e. The van der Waals surface area contributed by atoms with Gasteiger partial charge in [-0.2, -0.15) is 0 Å². The molecule has 0 heterocycles. The minimum atomic E-state index is 0. The van der Waals surface area contributed by atoms with Crippen LogP contribution < -0.4 is 0 Å². The van der Waals surface area contributed by atoms with Gasteiger partial charge in [-0.3, -0.25) is 11.8 Å². The van der Waals surface area contributed by atoms with E-state index in [4.69, 9.17) is 12.8 Å². The Morgan fingerprint density at radius 1 is 0.407 bits per heavy atom. The normalized spacial score (nSPS) is 13.6. The molecule has 27 heavy (non-hydrogen) atoms. The molecule has 0 aromatic heterocycles. The molecule has 2 aliphatic rings. The van der Waals surface area contributed by atoms with Crippen LogP contribution in [0.3, 0.4) is 0 Å². The summed E-state index contributed by atoms with van der Waals surface area (Å²) in [4.78, 5) is 0. The van der Waals surface area contributed by atoms with Gasteiger partial charge in [0.15, 0.2) is 0 Å². The van der Waals surface area contributed by atoms with E-state index >= 15 is 0 Å². The Labute approximate surface area is 186 Å².